The van der Waals surface area contributed by atoms with Crippen LogP contribution < -0.4 is 10.1 Å². The third kappa shape index (κ3) is 5.71. The molecule has 1 aromatic rings. The fraction of sp³-hybridized carbons (Fsp3) is 0.632. The summed E-state index contributed by atoms with van der Waals surface area (Å²) in [5.74, 6) is 2.49. The fourth-order valence-corrected chi connectivity index (χ4v) is 3.00. The predicted molar refractivity (Wildman–Crippen MR) is 98.8 cm³/mol. The Hall–Kier alpha value is -1.75. The molecule has 2 rings (SSSR count). The minimum Gasteiger partial charge on any atom is -0.489 e. The van der Waals surface area contributed by atoms with Crippen molar-refractivity contribution in [2.45, 2.75) is 33.3 Å². The average molecular weight is 333 g/mol. The van der Waals surface area contributed by atoms with E-state index in [0.717, 1.165) is 44.4 Å². The summed E-state index contributed by atoms with van der Waals surface area (Å²) in [4.78, 5) is 7.10. The van der Waals surface area contributed by atoms with Gasteiger partial charge in [-0.15, -0.1) is 0 Å². The van der Waals surface area contributed by atoms with Crippen LogP contribution in [0.4, 0.5) is 0 Å². The summed E-state index contributed by atoms with van der Waals surface area (Å²) in [5.41, 5.74) is 1.21. The van der Waals surface area contributed by atoms with Gasteiger partial charge in [0, 0.05) is 32.7 Å². The van der Waals surface area contributed by atoms with Gasteiger partial charge in [0.25, 0.3) is 0 Å². The average Bonchev–Trinajstić information content (AvgIpc) is 3.00. The first-order valence-corrected chi connectivity index (χ1v) is 8.88. The van der Waals surface area contributed by atoms with Gasteiger partial charge in [-0.05, 0) is 44.9 Å². The second-order valence-corrected chi connectivity index (χ2v) is 6.50. The van der Waals surface area contributed by atoms with Crippen LogP contribution in [0.1, 0.15) is 25.8 Å². The zero-order valence-corrected chi connectivity index (χ0v) is 15.4. The lowest BCUT2D eigenvalue weighted by Gasteiger charge is -2.22. The number of likely N-dealkylation sites (tertiary alicyclic amines) is 1. The van der Waals surface area contributed by atoms with Gasteiger partial charge in [-0.25, -0.2) is 4.99 Å². The van der Waals surface area contributed by atoms with Crippen LogP contribution in [0.15, 0.2) is 29.3 Å². The number of ether oxygens (including phenoxy) is 2. The van der Waals surface area contributed by atoms with Crippen LogP contribution in [0, 0.1) is 12.8 Å². The molecule has 0 bridgehead atoms. The predicted octanol–water partition coefficient (Wildman–Crippen LogP) is 2.70. The first kappa shape index (κ1) is 18.6. The molecule has 1 aliphatic rings. The number of nitrogens with zero attached hydrogens (tertiary/aromatic N) is 2. The molecule has 0 spiro atoms. The number of aryl methyl sites for hydroxylation is 1. The van der Waals surface area contributed by atoms with Crippen LogP contribution in [0.25, 0.3) is 0 Å². The summed E-state index contributed by atoms with van der Waals surface area (Å²) in [6, 6.07) is 8.14. The standard InChI is InChI=1S/C19H31N3O2/c1-5-20-19(22-10-9-17(13-22)14-23-4)21-12-16(3)24-18-8-6-7-15(2)11-18/h6-8,11,16-17H,5,9-10,12-14H2,1-4H3,(H,20,21). The second-order valence-electron chi connectivity index (χ2n) is 6.50. The minimum atomic E-state index is 0.0397. The van der Waals surface area contributed by atoms with Crippen LogP contribution in [0.2, 0.25) is 0 Å². The summed E-state index contributed by atoms with van der Waals surface area (Å²) >= 11 is 0. The fourth-order valence-electron chi connectivity index (χ4n) is 3.00. The largest absolute Gasteiger partial charge is 0.489 e. The van der Waals surface area contributed by atoms with E-state index >= 15 is 0 Å². The highest BCUT2D eigenvalue weighted by Crippen LogP contribution is 2.17. The lowest BCUT2D eigenvalue weighted by Crippen LogP contribution is -2.41. The van der Waals surface area contributed by atoms with E-state index in [1.165, 1.54) is 5.56 Å². The van der Waals surface area contributed by atoms with Crippen molar-refractivity contribution in [1.82, 2.24) is 10.2 Å². The van der Waals surface area contributed by atoms with Gasteiger partial charge in [0.15, 0.2) is 5.96 Å². The molecule has 24 heavy (non-hydrogen) atoms. The van der Waals surface area contributed by atoms with Gasteiger partial charge in [-0.1, -0.05) is 12.1 Å². The van der Waals surface area contributed by atoms with Gasteiger partial charge >= 0.3 is 0 Å². The molecule has 2 atom stereocenters. The number of rotatable bonds is 7. The minimum absolute atomic E-state index is 0.0397. The smallest absolute Gasteiger partial charge is 0.194 e. The van der Waals surface area contributed by atoms with E-state index < -0.39 is 0 Å². The number of aliphatic imine (C=N–C) groups is 1. The van der Waals surface area contributed by atoms with Crippen LogP contribution in [0.5, 0.6) is 5.75 Å². The van der Waals surface area contributed by atoms with E-state index in [-0.39, 0.29) is 6.10 Å². The molecule has 0 aliphatic carbocycles. The lowest BCUT2D eigenvalue weighted by molar-refractivity contribution is 0.157. The Balaban J connectivity index is 1.90. The van der Waals surface area contributed by atoms with Gasteiger partial charge in [0.05, 0.1) is 13.2 Å². The summed E-state index contributed by atoms with van der Waals surface area (Å²) < 4.78 is 11.3. The van der Waals surface area contributed by atoms with E-state index in [0.29, 0.717) is 12.5 Å². The molecule has 0 radical (unpaired) electrons. The zero-order chi connectivity index (χ0) is 17.4. The van der Waals surface area contributed by atoms with Crippen molar-refractivity contribution in [2.75, 3.05) is 39.9 Å². The van der Waals surface area contributed by atoms with Crippen LogP contribution in [-0.4, -0.2) is 56.9 Å². The quantitative estimate of drug-likeness (QED) is 0.616. The number of hydrogen-bond acceptors (Lipinski definition) is 3. The third-order valence-corrected chi connectivity index (χ3v) is 4.15. The molecule has 134 valence electrons. The number of methoxy groups -OCH3 is 1. The molecule has 2 unspecified atom stereocenters. The van der Waals surface area contributed by atoms with E-state index in [4.69, 9.17) is 14.5 Å². The van der Waals surface area contributed by atoms with Crippen LogP contribution in [-0.2, 0) is 4.74 Å². The zero-order valence-electron chi connectivity index (χ0n) is 15.4. The van der Waals surface area contributed by atoms with Crippen molar-refractivity contribution < 1.29 is 9.47 Å². The van der Waals surface area contributed by atoms with Gasteiger partial charge < -0.3 is 19.7 Å². The highest BCUT2D eigenvalue weighted by atomic mass is 16.5. The number of guanidine groups is 1. The summed E-state index contributed by atoms with van der Waals surface area (Å²) in [6.07, 6.45) is 1.20. The van der Waals surface area contributed by atoms with E-state index in [1.54, 1.807) is 7.11 Å². The van der Waals surface area contributed by atoms with Crippen molar-refractivity contribution in [1.29, 1.82) is 0 Å². The summed E-state index contributed by atoms with van der Waals surface area (Å²) in [5, 5.41) is 3.40. The first-order valence-electron chi connectivity index (χ1n) is 8.88. The Morgan fingerprint density at radius 2 is 2.29 bits per heavy atom. The Bertz CT molecular complexity index is 533. The van der Waals surface area contributed by atoms with E-state index in [2.05, 4.69) is 43.1 Å². The Morgan fingerprint density at radius 3 is 3.00 bits per heavy atom. The molecule has 0 saturated carbocycles. The second kappa shape index (κ2) is 9.52. The van der Waals surface area contributed by atoms with Crippen molar-refractivity contribution in [3.8, 4) is 5.75 Å². The molecular weight excluding hydrogens is 302 g/mol. The van der Waals surface area contributed by atoms with Gasteiger partial charge in [-0.2, -0.15) is 0 Å². The summed E-state index contributed by atoms with van der Waals surface area (Å²) in [6.45, 7) is 10.6. The molecule has 5 heteroatoms. The van der Waals surface area contributed by atoms with Gasteiger partial charge in [0.1, 0.15) is 11.9 Å². The Morgan fingerprint density at radius 1 is 1.46 bits per heavy atom. The van der Waals surface area contributed by atoms with Crippen molar-refractivity contribution in [2.24, 2.45) is 10.9 Å². The molecule has 5 nitrogen and oxygen atoms in total. The van der Waals surface area contributed by atoms with E-state index in [9.17, 15) is 0 Å². The van der Waals surface area contributed by atoms with E-state index in [1.807, 2.05) is 12.1 Å². The molecule has 1 aromatic carbocycles. The number of hydrogen-bond donors (Lipinski definition) is 1. The number of benzene rings is 1. The molecule has 0 aromatic heterocycles. The maximum absolute atomic E-state index is 5.97. The SMILES string of the molecule is CCNC(=NCC(C)Oc1cccc(C)c1)N1CCC(COC)C1. The van der Waals surface area contributed by atoms with Crippen molar-refractivity contribution in [3.05, 3.63) is 29.8 Å². The molecule has 1 fully saturated rings. The van der Waals surface area contributed by atoms with Crippen molar-refractivity contribution in [3.63, 3.8) is 0 Å². The Kier molecular flexibility index (Phi) is 7.37. The normalized spacial score (nSPS) is 19.4. The van der Waals surface area contributed by atoms with Crippen LogP contribution >= 0.6 is 0 Å². The molecule has 1 N–H and O–H groups in total. The first-order chi connectivity index (χ1) is 11.6. The summed E-state index contributed by atoms with van der Waals surface area (Å²) in [7, 11) is 1.77. The highest BCUT2D eigenvalue weighted by molar-refractivity contribution is 5.80. The monoisotopic (exact) mass is 333 g/mol. The van der Waals surface area contributed by atoms with Crippen LogP contribution in [0.3, 0.4) is 0 Å². The maximum atomic E-state index is 5.97. The molecular formula is C19H31N3O2. The highest BCUT2D eigenvalue weighted by Gasteiger charge is 2.24. The topological polar surface area (TPSA) is 46.1 Å². The molecule has 1 heterocycles. The third-order valence-electron chi connectivity index (χ3n) is 4.15. The van der Waals surface area contributed by atoms with Crippen molar-refractivity contribution >= 4 is 5.96 Å². The molecule has 1 aliphatic heterocycles. The van der Waals surface area contributed by atoms with Gasteiger partial charge in [0.2, 0.25) is 0 Å². The number of nitrogens with one attached hydrogen (secondary N) is 1. The molecule has 0 amide bonds. The Labute approximate surface area is 146 Å². The lowest BCUT2D eigenvalue weighted by atomic mass is 10.1. The van der Waals surface area contributed by atoms with Gasteiger partial charge in [-0.3, -0.25) is 0 Å². The molecule has 1 saturated heterocycles. The maximum Gasteiger partial charge on any atom is 0.194 e.